The molecule has 5 heteroatoms. The monoisotopic (exact) mass is 232 g/mol. The Hall–Kier alpha value is -2.04. The van der Waals surface area contributed by atoms with Gasteiger partial charge in [-0.15, -0.1) is 0 Å². The molecule has 0 spiro atoms. The van der Waals surface area contributed by atoms with Gasteiger partial charge in [0.25, 0.3) is 0 Å². The van der Waals surface area contributed by atoms with Gasteiger partial charge in [0.15, 0.2) is 5.82 Å². The molecule has 0 atom stereocenters. The Labute approximate surface area is 98.7 Å². The van der Waals surface area contributed by atoms with Gasteiger partial charge in [-0.3, -0.25) is 4.98 Å². The molecule has 2 rings (SSSR count). The highest BCUT2D eigenvalue weighted by atomic mass is 19.1. The second kappa shape index (κ2) is 4.86. The van der Waals surface area contributed by atoms with Crippen molar-refractivity contribution in [3.63, 3.8) is 0 Å². The molecule has 0 saturated heterocycles. The predicted octanol–water partition coefficient (Wildman–Crippen LogP) is 2.21. The highest BCUT2D eigenvalue weighted by Gasteiger charge is 2.08. The van der Waals surface area contributed by atoms with Crippen molar-refractivity contribution >= 4 is 5.82 Å². The molecule has 0 bridgehead atoms. The summed E-state index contributed by atoms with van der Waals surface area (Å²) in [5.74, 6) is 0.585. The lowest BCUT2D eigenvalue weighted by atomic mass is 10.1. The maximum absolute atomic E-state index is 13.6. The number of halogens is 1. The Morgan fingerprint density at radius 1 is 1.35 bits per heavy atom. The number of anilines is 1. The van der Waals surface area contributed by atoms with Gasteiger partial charge in [-0.1, -0.05) is 6.92 Å². The van der Waals surface area contributed by atoms with Gasteiger partial charge in [-0.05, 0) is 12.5 Å². The summed E-state index contributed by atoms with van der Waals surface area (Å²) in [4.78, 5) is 12.1. The molecule has 0 fully saturated rings. The lowest BCUT2D eigenvalue weighted by molar-refractivity contribution is 0.624. The number of hydrogen-bond acceptors (Lipinski definition) is 4. The molecular weight excluding hydrogens is 219 g/mol. The van der Waals surface area contributed by atoms with Crippen molar-refractivity contribution in [2.45, 2.75) is 19.8 Å². The molecule has 0 aliphatic rings. The first-order chi connectivity index (χ1) is 8.20. The Kier molecular flexibility index (Phi) is 3.27. The minimum Gasteiger partial charge on any atom is -0.384 e. The SMILES string of the molecule is CCCc1nc(N)cc(-c2ccncc2F)n1. The molecule has 2 aromatic heterocycles. The summed E-state index contributed by atoms with van der Waals surface area (Å²) in [5.41, 5.74) is 6.58. The van der Waals surface area contributed by atoms with E-state index in [1.807, 2.05) is 6.92 Å². The largest absolute Gasteiger partial charge is 0.384 e. The van der Waals surface area contributed by atoms with Gasteiger partial charge in [-0.2, -0.15) is 0 Å². The summed E-state index contributed by atoms with van der Waals surface area (Å²) >= 11 is 0. The smallest absolute Gasteiger partial charge is 0.150 e. The van der Waals surface area contributed by atoms with E-state index in [1.165, 1.54) is 6.20 Å². The number of pyridine rings is 1. The molecule has 17 heavy (non-hydrogen) atoms. The molecule has 0 saturated carbocycles. The van der Waals surface area contributed by atoms with Crippen LogP contribution in [0.3, 0.4) is 0 Å². The standard InChI is InChI=1S/C12H13FN4/c1-2-3-12-16-10(6-11(14)17-12)8-4-5-15-7-9(8)13/h4-7H,2-3H2,1H3,(H2,14,16,17). The second-order valence-electron chi connectivity index (χ2n) is 3.70. The number of nitrogens with zero attached hydrogens (tertiary/aromatic N) is 3. The first-order valence-corrected chi connectivity index (χ1v) is 5.44. The van der Waals surface area contributed by atoms with E-state index in [0.29, 0.717) is 22.9 Å². The molecule has 88 valence electrons. The summed E-state index contributed by atoms with van der Waals surface area (Å²) in [5, 5.41) is 0. The van der Waals surface area contributed by atoms with Crippen molar-refractivity contribution in [2.75, 3.05) is 5.73 Å². The highest BCUT2D eigenvalue weighted by Crippen LogP contribution is 2.21. The number of aromatic nitrogens is 3. The van der Waals surface area contributed by atoms with E-state index >= 15 is 0 Å². The normalized spacial score (nSPS) is 10.5. The van der Waals surface area contributed by atoms with E-state index in [9.17, 15) is 4.39 Å². The molecule has 4 nitrogen and oxygen atoms in total. The second-order valence-corrected chi connectivity index (χ2v) is 3.70. The average molecular weight is 232 g/mol. The molecule has 0 unspecified atom stereocenters. The summed E-state index contributed by atoms with van der Waals surface area (Å²) in [7, 11) is 0. The molecular formula is C12H13FN4. The van der Waals surface area contributed by atoms with Crippen LogP contribution in [0.1, 0.15) is 19.2 Å². The zero-order valence-electron chi connectivity index (χ0n) is 9.52. The van der Waals surface area contributed by atoms with Gasteiger partial charge in [-0.25, -0.2) is 14.4 Å². The van der Waals surface area contributed by atoms with Crippen LogP contribution in [-0.4, -0.2) is 15.0 Å². The number of hydrogen-bond donors (Lipinski definition) is 1. The van der Waals surface area contributed by atoms with E-state index in [4.69, 9.17) is 5.73 Å². The maximum Gasteiger partial charge on any atom is 0.150 e. The lowest BCUT2D eigenvalue weighted by Gasteiger charge is -2.05. The topological polar surface area (TPSA) is 64.7 Å². The van der Waals surface area contributed by atoms with Gasteiger partial charge < -0.3 is 5.73 Å². The number of nitrogens with two attached hydrogens (primary N) is 1. The van der Waals surface area contributed by atoms with Crippen LogP contribution in [0.25, 0.3) is 11.3 Å². The third-order valence-corrected chi connectivity index (χ3v) is 2.31. The molecule has 2 aromatic rings. The molecule has 0 aliphatic carbocycles. The van der Waals surface area contributed by atoms with Crippen LogP contribution < -0.4 is 5.73 Å². The van der Waals surface area contributed by atoms with Crippen molar-refractivity contribution < 1.29 is 4.39 Å². The quantitative estimate of drug-likeness (QED) is 0.881. The van der Waals surface area contributed by atoms with Gasteiger partial charge in [0, 0.05) is 24.2 Å². The molecule has 0 radical (unpaired) electrons. The fraction of sp³-hybridized carbons (Fsp3) is 0.250. The van der Waals surface area contributed by atoms with Crippen molar-refractivity contribution in [1.29, 1.82) is 0 Å². The van der Waals surface area contributed by atoms with Crippen LogP contribution in [0.15, 0.2) is 24.5 Å². The van der Waals surface area contributed by atoms with E-state index in [0.717, 1.165) is 19.0 Å². The Balaban J connectivity index is 2.48. The summed E-state index contributed by atoms with van der Waals surface area (Å²) in [6.45, 7) is 2.03. The van der Waals surface area contributed by atoms with Crippen LogP contribution in [-0.2, 0) is 6.42 Å². The van der Waals surface area contributed by atoms with Gasteiger partial charge in [0.1, 0.15) is 11.6 Å². The predicted molar refractivity (Wildman–Crippen MR) is 63.6 cm³/mol. The van der Waals surface area contributed by atoms with E-state index in [2.05, 4.69) is 15.0 Å². The number of rotatable bonds is 3. The van der Waals surface area contributed by atoms with E-state index in [-0.39, 0.29) is 0 Å². The summed E-state index contributed by atoms with van der Waals surface area (Å²) in [6.07, 6.45) is 4.33. The molecule has 2 N–H and O–H groups in total. The van der Waals surface area contributed by atoms with Crippen LogP contribution in [0.4, 0.5) is 10.2 Å². The highest BCUT2D eigenvalue weighted by molar-refractivity contribution is 5.61. The zero-order chi connectivity index (χ0) is 12.3. The maximum atomic E-state index is 13.6. The molecule has 0 aromatic carbocycles. The van der Waals surface area contributed by atoms with Gasteiger partial charge in [0.05, 0.1) is 11.9 Å². The molecule has 0 aliphatic heterocycles. The first kappa shape index (κ1) is 11.4. The number of aryl methyl sites for hydroxylation is 1. The molecule has 0 amide bonds. The minimum atomic E-state index is -0.409. The fourth-order valence-electron chi connectivity index (χ4n) is 1.57. The van der Waals surface area contributed by atoms with Crippen LogP contribution >= 0.6 is 0 Å². The molecule has 2 heterocycles. The van der Waals surface area contributed by atoms with E-state index < -0.39 is 5.82 Å². The van der Waals surface area contributed by atoms with Crippen molar-refractivity contribution in [2.24, 2.45) is 0 Å². The zero-order valence-corrected chi connectivity index (χ0v) is 9.52. The average Bonchev–Trinajstić information content (AvgIpc) is 2.29. The third-order valence-electron chi connectivity index (χ3n) is 2.31. The van der Waals surface area contributed by atoms with Crippen molar-refractivity contribution in [3.05, 3.63) is 36.2 Å². The number of nitrogen functional groups attached to an aromatic ring is 1. The van der Waals surface area contributed by atoms with E-state index in [1.54, 1.807) is 12.1 Å². The van der Waals surface area contributed by atoms with Crippen molar-refractivity contribution in [1.82, 2.24) is 15.0 Å². The third kappa shape index (κ3) is 2.55. The summed E-state index contributed by atoms with van der Waals surface area (Å²) < 4.78 is 13.6. The lowest BCUT2D eigenvalue weighted by Crippen LogP contribution is -2.01. The summed E-state index contributed by atoms with van der Waals surface area (Å²) in [6, 6.07) is 3.14. The Morgan fingerprint density at radius 2 is 2.18 bits per heavy atom. The Morgan fingerprint density at radius 3 is 2.88 bits per heavy atom. The van der Waals surface area contributed by atoms with Crippen molar-refractivity contribution in [3.8, 4) is 11.3 Å². The van der Waals surface area contributed by atoms with Crippen LogP contribution in [0.2, 0.25) is 0 Å². The first-order valence-electron chi connectivity index (χ1n) is 5.44. The van der Waals surface area contributed by atoms with Gasteiger partial charge in [0.2, 0.25) is 0 Å². The minimum absolute atomic E-state index is 0.356. The van der Waals surface area contributed by atoms with Crippen LogP contribution in [0.5, 0.6) is 0 Å². The van der Waals surface area contributed by atoms with Crippen LogP contribution in [0, 0.1) is 5.82 Å². The Bertz CT molecular complexity index is 528. The fourth-order valence-corrected chi connectivity index (χ4v) is 1.57. The van der Waals surface area contributed by atoms with Gasteiger partial charge >= 0.3 is 0 Å².